The number of likely N-dealkylation sites (tertiary alicyclic amines) is 1. The lowest BCUT2D eigenvalue weighted by Crippen LogP contribution is -2.51. The van der Waals surface area contributed by atoms with E-state index in [2.05, 4.69) is 5.16 Å². The van der Waals surface area contributed by atoms with Crippen LogP contribution in [-0.2, 0) is 25.6 Å². The molecule has 0 aromatic heterocycles. The summed E-state index contributed by atoms with van der Waals surface area (Å²) in [6.07, 6.45) is 2.39. The third kappa shape index (κ3) is 3.97. The molecule has 0 spiro atoms. The summed E-state index contributed by atoms with van der Waals surface area (Å²) >= 11 is 0. The molecule has 0 radical (unpaired) electrons. The van der Waals surface area contributed by atoms with Gasteiger partial charge in [-0.05, 0) is 37.0 Å². The molecule has 2 heterocycles. The van der Waals surface area contributed by atoms with Crippen molar-refractivity contribution in [1.82, 2.24) is 4.90 Å². The topological polar surface area (TPSA) is 68.2 Å². The van der Waals surface area contributed by atoms with Crippen LogP contribution >= 0.6 is 0 Å². The molecule has 1 fully saturated rings. The Bertz CT molecular complexity index is 691. The van der Waals surface area contributed by atoms with Crippen molar-refractivity contribution in [1.29, 1.82) is 0 Å². The molecule has 7 heteroatoms. The van der Waals surface area contributed by atoms with Crippen LogP contribution in [0.4, 0.5) is 4.39 Å². The van der Waals surface area contributed by atoms with Crippen LogP contribution in [0.3, 0.4) is 0 Å². The van der Waals surface area contributed by atoms with E-state index in [4.69, 9.17) is 9.57 Å². The molecule has 0 aliphatic carbocycles. The average Bonchev–Trinajstić information content (AvgIpc) is 3.09. The number of carbonyl (C=O) groups is 2. The van der Waals surface area contributed by atoms with Gasteiger partial charge in [-0.25, -0.2) is 9.18 Å². The second kappa shape index (κ2) is 7.63. The molecule has 2 aliphatic rings. The van der Waals surface area contributed by atoms with Crippen molar-refractivity contribution in [3.8, 4) is 0 Å². The molecule has 1 aromatic rings. The van der Waals surface area contributed by atoms with Crippen LogP contribution < -0.4 is 0 Å². The average molecular weight is 348 g/mol. The first-order valence-electron chi connectivity index (χ1n) is 8.43. The normalized spacial score (nSPS) is 23.0. The number of hydrogen-bond acceptors (Lipinski definition) is 5. The van der Waals surface area contributed by atoms with Gasteiger partial charge in [-0.2, -0.15) is 0 Å². The maximum atomic E-state index is 13.3. The Morgan fingerprint density at radius 3 is 3.00 bits per heavy atom. The number of benzene rings is 1. The van der Waals surface area contributed by atoms with E-state index in [1.807, 2.05) is 0 Å². The van der Waals surface area contributed by atoms with Gasteiger partial charge in [0.2, 0.25) is 6.10 Å². The van der Waals surface area contributed by atoms with E-state index in [0.717, 1.165) is 18.4 Å². The van der Waals surface area contributed by atoms with Gasteiger partial charge < -0.3 is 14.5 Å². The van der Waals surface area contributed by atoms with E-state index in [1.165, 1.54) is 19.2 Å². The zero-order chi connectivity index (χ0) is 17.8. The highest BCUT2D eigenvalue weighted by molar-refractivity contribution is 5.95. The quantitative estimate of drug-likeness (QED) is 0.781. The van der Waals surface area contributed by atoms with E-state index in [-0.39, 0.29) is 11.7 Å². The van der Waals surface area contributed by atoms with Gasteiger partial charge >= 0.3 is 5.97 Å². The molecule has 25 heavy (non-hydrogen) atoms. The molecule has 1 saturated heterocycles. The number of carbonyl (C=O) groups excluding carboxylic acids is 2. The number of nitrogens with zero attached hydrogens (tertiary/aromatic N) is 2. The van der Waals surface area contributed by atoms with Crippen molar-refractivity contribution >= 4 is 17.6 Å². The number of piperidine rings is 1. The number of hydrogen-bond donors (Lipinski definition) is 0. The van der Waals surface area contributed by atoms with Crippen molar-refractivity contribution in [3.63, 3.8) is 0 Å². The summed E-state index contributed by atoms with van der Waals surface area (Å²) in [6, 6.07) is 5.71. The Balaban J connectivity index is 1.61. The maximum absolute atomic E-state index is 13.3. The van der Waals surface area contributed by atoms with Crippen LogP contribution in [0.2, 0.25) is 0 Å². The third-order valence-electron chi connectivity index (χ3n) is 4.56. The smallest absolute Gasteiger partial charge is 0.328 e. The fourth-order valence-corrected chi connectivity index (χ4v) is 3.31. The number of amides is 1. The minimum atomic E-state index is -0.728. The van der Waals surface area contributed by atoms with Gasteiger partial charge in [-0.1, -0.05) is 17.3 Å². The van der Waals surface area contributed by atoms with Gasteiger partial charge in [0, 0.05) is 19.4 Å². The zero-order valence-corrected chi connectivity index (χ0v) is 14.1. The lowest BCUT2D eigenvalue weighted by Gasteiger charge is -2.34. The molecule has 2 atom stereocenters. The van der Waals surface area contributed by atoms with Crippen LogP contribution in [0.5, 0.6) is 0 Å². The molecule has 0 N–H and O–H groups in total. The van der Waals surface area contributed by atoms with Crippen molar-refractivity contribution in [2.75, 3.05) is 13.7 Å². The maximum Gasteiger partial charge on any atom is 0.328 e. The van der Waals surface area contributed by atoms with Gasteiger partial charge in [-0.3, -0.25) is 4.79 Å². The summed E-state index contributed by atoms with van der Waals surface area (Å²) in [4.78, 5) is 31.5. The molecule has 134 valence electrons. The summed E-state index contributed by atoms with van der Waals surface area (Å²) in [5, 5.41) is 3.98. The van der Waals surface area contributed by atoms with Crippen molar-refractivity contribution in [2.24, 2.45) is 5.16 Å². The van der Waals surface area contributed by atoms with Crippen LogP contribution in [0.1, 0.15) is 31.2 Å². The highest BCUT2D eigenvalue weighted by Crippen LogP contribution is 2.23. The van der Waals surface area contributed by atoms with Gasteiger partial charge in [0.1, 0.15) is 11.9 Å². The van der Waals surface area contributed by atoms with Crippen molar-refractivity contribution in [2.45, 2.75) is 44.2 Å². The lowest BCUT2D eigenvalue weighted by molar-refractivity contribution is -0.159. The van der Waals surface area contributed by atoms with Crippen LogP contribution in [-0.4, -0.2) is 48.3 Å². The van der Waals surface area contributed by atoms with E-state index in [9.17, 15) is 14.0 Å². The largest absolute Gasteiger partial charge is 0.467 e. The fourth-order valence-electron chi connectivity index (χ4n) is 3.31. The summed E-state index contributed by atoms with van der Waals surface area (Å²) in [5.74, 6) is -0.945. The first kappa shape index (κ1) is 17.4. The molecule has 1 aromatic carbocycles. The van der Waals surface area contributed by atoms with Crippen LogP contribution in [0.25, 0.3) is 0 Å². The Hall–Kier alpha value is -2.44. The summed E-state index contributed by atoms with van der Waals surface area (Å²) in [5.41, 5.74) is 1.47. The molecule has 0 saturated carbocycles. The highest BCUT2D eigenvalue weighted by atomic mass is 19.1. The van der Waals surface area contributed by atoms with Gasteiger partial charge in [-0.15, -0.1) is 0 Å². The van der Waals surface area contributed by atoms with Crippen LogP contribution in [0, 0.1) is 5.82 Å². The molecule has 0 bridgehead atoms. The van der Waals surface area contributed by atoms with Crippen molar-refractivity contribution < 1.29 is 23.6 Å². The number of rotatable bonds is 4. The molecule has 2 aliphatic heterocycles. The van der Waals surface area contributed by atoms with E-state index in [1.54, 1.807) is 17.0 Å². The summed E-state index contributed by atoms with van der Waals surface area (Å²) in [7, 11) is 1.33. The third-order valence-corrected chi connectivity index (χ3v) is 4.56. The SMILES string of the molecule is COC(=O)[C@H]1CCCCN1C(=O)[C@H]1CC(Cc2cccc(F)c2)=NO1. The molecular formula is C18H21FN2O4. The fraction of sp³-hybridized carbons (Fsp3) is 0.500. The molecular weight excluding hydrogens is 327 g/mol. The standard InChI is InChI=1S/C18H21FN2O4/c1-24-18(23)15-7-2-3-8-21(15)17(22)16-11-14(20-25-16)10-12-5-4-6-13(19)9-12/h4-6,9,15-16H,2-3,7-8,10-11H2,1H3/t15-,16-/m1/s1. The Morgan fingerprint density at radius 2 is 2.24 bits per heavy atom. The predicted molar refractivity (Wildman–Crippen MR) is 88.4 cm³/mol. The number of oxime groups is 1. The predicted octanol–water partition coefficient (Wildman–Crippen LogP) is 2.07. The minimum absolute atomic E-state index is 0.243. The summed E-state index contributed by atoms with van der Waals surface area (Å²) < 4.78 is 18.1. The number of halogens is 1. The first-order valence-corrected chi connectivity index (χ1v) is 8.43. The Labute approximate surface area is 145 Å². The summed E-state index contributed by atoms with van der Waals surface area (Å²) in [6.45, 7) is 0.512. The minimum Gasteiger partial charge on any atom is -0.467 e. The number of ether oxygens (including phenoxy) is 1. The van der Waals surface area contributed by atoms with Gasteiger partial charge in [0.25, 0.3) is 5.91 Å². The molecule has 6 nitrogen and oxygen atoms in total. The number of methoxy groups -OCH3 is 1. The second-order valence-electron chi connectivity index (χ2n) is 6.33. The van der Waals surface area contributed by atoms with Crippen LogP contribution in [0.15, 0.2) is 29.4 Å². The van der Waals surface area contributed by atoms with Gasteiger partial charge in [0.05, 0.1) is 12.8 Å². The monoisotopic (exact) mass is 348 g/mol. The Kier molecular flexibility index (Phi) is 5.31. The zero-order valence-electron chi connectivity index (χ0n) is 14.1. The Morgan fingerprint density at radius 1 is 1.40 bits per heavy atom. The van der Waals surface area contributed by atoms with E-state index >= 15 is 0 Å². The number of esters is 1. The van der Waals surface area contributed by atoms with E-state index in [0.29, 0.717) is 31.5 Å². The molecule has 1 amide bonds. The second-order valence-corrected chi connectivity index (χ2v) is 6.33. The lowest BCUT2D eigenvalue weighted by atomic mass is 9.99. The highest BCUT2D eigenvalue weighted by Gasteiger charge is 2.39. The van der Waals surface area contributed by atoms with E-state index < -0.39 is 18.1 Å². The van der Waals surface area contributed by atoms with Gasteiger partial charge in [0.15, 0.2) is 0 Å². The van der Waals surface area contributed by atoms with Crippen molar-refractivity contribution in [3.05, 3.63) is 35.6 Å². The molecule has 0 unspecified atom stereocenters. The first-order chi connectivity index (χ1) is 12.1. The molecule has 3 rings (SSSR count).